The fraction of sp³-hybridized carbons (Fsp3) is 0.923. The van der Waals surface area contributed by atoms with Gasteiger partial charge in [0, 0.05) is 25.0 Å². The lowest BCUT2D eigenvalue weighted by Gasteiger charge is -2.34. The van der Waals surface area contributed by atoms with Gasteiger partial charge in [-0.3, -0.25) is 9.69 Å². The lowest BCUT2D eigenvalue weighted by atomic mass is 10.1. The van der Waals surface area contributed by atoms with E-state index >= 15 is 0 Å². The normalized spacial score (nSPS) is 27.9. The summed E-state index contributed by atoms with van der Waals surface area (Å²) in [5.74, 6) is -0.680. The van der Waals surface area contributed by atoms with Crippen molar-refractivity contribution in [3.63, 3.8) is 0 Å². The van der Waals surface area contributed by atoms with Crippen LogP contribution in [0.2, 0.25) is 0 Å². The molecule has 4 heteroatoms. The molecule has 17 heavy (non-hydrogen) atoms. The summed E-state index contributed by atoms with van der Waals surface area (Å²) in [5, 5.41) is 8.83. The molecule has 0 saturated carbocycles. The van der Waals surface area contributed by atoms with Gasteiger partial charge in [-0.15, -0.1) is 0 Å². The summed E-state index contributed by atoms with van der Waals surface area (Å²) in [5.41, 5.74) is 0. The van der Waals surface area contributed by atoms with E-state index in [-0.39, 0.29) is 6.42 Å². The summed E-state index contributed by atoms with van der Waals surface area (Å²) in [4.78, 5) is 15.6. The average molecular weight is 242 g/mol. The molecule has 4 nitrogen and oxygen atoms in total. The van der Waals surface area contributed by atoms with E-state index in [1.54, 1.807) is 0 Å². The Bertz CT molecular complexity index is 246. The molecule has 2 unspecified atom stereocenters. The molecule has 1 aliphatic rings. The number of carbonyl (C=O) groups is 1. The maximum Gasteiger partial charge on any atom is 0.303 e. The summed E-state index contributed by atoms with van der Waals surface area (Å²) in [6.45, 7) is 7.65. The van der Waals surface area contributed by atoms with Crippen molar-refractivity contribution in [2.75, 3.05) is 26.7 Å². The molecule has 0 aromatic heterocycles. The molecule has 0 spiro atoms. The Hall–Kier alpha value is -0.610. The molecular weight excluding hydrogens is 216 g/mol. The summed E-state index contributed by atoms with van der Waals surface area (Å²) in [6, 6.07) is 0.965. The minimum Gasteiger partial charge on any atom is -0.481 e. The van der Waals surface area contributed by atoms with Crippen LogP contribution in [0.15, 0.2) is 0 Å². The maximum atomic E-state index is 10.7. The highest BCUT2D eigenvalue weighted by Gasteiger charge is 2.27. The molecule has 1 N–H and O–H groups in total. The van der Waals surface area contributed by atoms with Crippen molar-refractivity contribution in [2.24, 2.45) is 0 Å². The molecule has 1 fully saturated rings. The van der Waals surface area contributed by atoms with Gasteiger partial charge >= 0.3 is 5.97 Å². The largest absolute Gasteiger partial charge is 0.481 e. The second-order valence-corrected chi connectivity index (χ2v) is 5.22. The molecule has 1 aliphatic heterocycles. The number of rotatable bonds is 5. The third kappa shape index (κ3) is 4.64. The lowest BCUT2D eigenvalue weighted by molar-refractivity contribution is -0.137. The van der Waals surface area contributed by atoms with Crippen LogP contribution in [0.5, 0.6) is 0 Å². The van der Waals surface area contributed by atoms with Crippen LogP contribution in [0, 0.1) is 0 Å². The highest BCUT2D eigenvalue weighted by Crippen LogP contribution is 2.19. The topological polar surface area (TPSA) is 43.8 Å². The van der Waals surface area contributed by atoms with E-state index in [0.29, 0.717) is 12.1 Å². The Kier molecular flexibility index (Phi) is 5.92. The summed E-state index contributed by atoms with van der Waals surface area (Å²) < 4.78 is 0. The Morgan fingerprint density at radius 1 is 1.47 bits per heavy atom. The van der Waals surface area contributed by atoms with E-state index in [1.165, 1.54) is 6.42 Å². The average Bonchev–Trinajstić information content (AvgIpc) is 2.40. The van der Waals surface area contributed by atoms with Crippen LogP contribution in [0.25, 0.3) is 0 Å². The number of nitrogens with zero attached hydrogens (tertiary/aromatic N) is 2. The minimum atomic E-state index is -0.680. The molecule has 2 atom stereocenters. The molecular formula is C13H26N2O2. The van der Waals surface area contributed by atoms with E-state index < -0.39 is 5.97 Å². The highest BCUT2D eigenvalue weighted by atomic mass is 16.4. The fourth-order valence-electron chi connectivity index (χ4n) is 2.70. The Morgan fingerprint density at radius 2 is 2.18 bits per heavy atom. The van der Waals surface area contributed by atoms with Crippen molar-refractivity contribution >= 4 is 5.97 Å². The van der Waals surface area contributed by atoms with Crippen molar-refractivity contribution in [3.8, 4) is 0 Å². The molecule has 1 heterocycles. The van der Waals surface area contributed by atoms with Gasteiger partial charge in [-0.05, 0) is 46.3 Å². The Balaban J connectivity index is 2.65. The van der Waals surface area contributed by atoms with Gasteiger partial charge in [0.2, 0.25) is 0 Å². The molecule has 0 aromatic carbocycles. The van der Waals surface area contributed by atoms with E-state index in [1.807, 2.05) is 0 Å². The first kappa shape index (κ1) is 14.5. The molecule has 0 bridgehead atoms. The van der Waals surface area contributed by atoms with Crippen molar-refractivity contribution in [3.05, 3.63) is 0 Å². The Morgan fingerprint density at radius 3 is 2.76 bits per heavy atom. The van der Waals surface area contributed by atoms with Crippen molar-refractivity contribution in [1.29, 1.82) is 0 Å². The van der Waals surface area contributed by atoms with Gasteiger partial charge in [-0.1, -0.05) is 6.92 Å². The second-order valence-electron chi connectivity index (χ2n) is 5.22. The number of carboxylic acid groups (broad SMARTS) is 1. The number of hydrogen-bond acceptors (Lipinski definition) is 3. The van der Waals surface area contributed by atoms with Crippen molar-refractivity contribution in [2.45, 2.75) is 51.6 Å². The fourth-order valence-corrected chi connectivity index (χ4v) is 2.70. The first-order valence-corrected chi connectivity index (χ1v) is 6.70. The zero-order valence-corrected chi connectivity index (χ0v) is 11.4. The molecule has 0 aliphatic carbocycles. The summed E-state index contributed by atoms with van der Waals surface area (Å²) >= 11 is 0. The lowest BCUT2D eigenvalue weighted by Crippen LogP contribution is -2.44. The quantitative estimate of drug-likeness (QED) is 0.796. The van der Waals surface area contributed by atoms with Crippen LogP contribution in [-0.2, 0) is 4.79 Å². The van der Waals surface area contributed by atoms with Crippen LogP contribution in [0.1, 0.15) is 39.5 Å². The molecule has 0 aromatic rings. The molecule has 1 rings (SSSR count). The van der Waals surface area contributed by atoms with E-state index in [2.05, 4.69) is 30.7 Å². The number of likely N-dealkylation sites (N-methyl/N-ethyl adjacent to an activating group) is 1. The number of aliphatic carboxylic acids is 1. The Labute approximate surface area is 105 Å². The van der Waals surface area contributed by atoms with Crippen LogP contribution in [-0.4, -0.2) is 59.6 Å². The van der Waals surface area contributed by atoms with Crippen molar-refractivity contribution in [1.82, 2.24) is 9.80 Å². The van der Waals surface area contributed by atoms with Gasteiger partial charge in [0.05, 0.1) is 0 Å². The first-order chi connectivity index (χ1) is 8.04. The minimum absolute atomic E-state index is 0.283. The van der Waals surface area contributed by atoms with Gasteiger partial charge < -0.3 is 10.0 Å². The standard InChI is InChI=1S/C13H26N2O2/c1-4-8-15-11(2)7-9-14(3)10-12(15)5-6-13(16)17/h11-12H,4-10H2,1-3H3,(H,16,17). The van der Waals surface area contributed by atoms with Crippen LogP contribution in [0.4, 0.5) is 0 Å². The highest BCUT2D eigenvalue weighted by molar-refractivity contribution is 5.66. The van der Waals surface area contributed by atoms with E-state index in [0.717, 1.165) is 32.5 Å². The third-order valence-corrected chi connectivity index (χ3v) is 3.66. The smallest absolute Gasteiger partial charge is 0.303 e. The predicted octanol–water partition coefficient (Wildman–Crippen LogP) is 1.66. The molecule has 0 amide bonds. The number of carboxylic acids is 1. The van der Waals surface area contributed by atoms with Crippen LogP contribution in [0.3, 0.4) is 0 Å². The van der Waals surface area contributed by atoms with Gasteiger partial charge in [0.15, 0.2) is 0 Å². The third-order valence-electron chi connectivity index (χ3n) is 3.66. The number of hydrogen-bond donors (Lipinski definition) is 1. The SMILES string of the molecule is CCCN1C(C)CCN(C)CC1CCC(=O)O. The van der Waals surface area contributed by atoms with Crippen LogP contribution >= 0.6 is 0 Å². The molecule has 1 saturated heterocycles. The zero-order chi connectivity index (χ0) is 12.8. The van der Waals surface area contributed by atoms with Gasteiger partial charge in [0.1, 0.15) is 0 Å². The molecule has 0 radical (unpaired) electrons. The second kappa shape index (κ2) is 6.97. The molecule has 100 valence electrons. The zero-order valence-electron chi connectivity index (χ0n) is 11.4. The predicted molar refractivity (Wildman–Crippen MR) is 69.2 cm³/mol. The van der Waals surface area contributed by atoms with Crippen LogP contribution < -0.4 is 0 Å². The summed E-state index contributed by atoms with van der Waals surface area (Å²) in [7, 11) is 2.13. The van der Waals surface area contributed by atoms with Crippen molar-refractivity contribution < 1.29 is 9.90 Å². The summed E-state index contributed by atoms with van der Waals surface area (Å²) in [6.07, 6.45) is 3.37. The van der Waals surface area contributed by atoms with E-state index in [9.17, 15) is 4.79 Å². The van der Waals surface area contributed by atoms with E-state index in [4.69, 9.17) is 5.11 Å². The van der Waals surface area contributed by atoms with Gasteiger partial charge in [-0.2, -0.15) is 0 Å². The monoisotopic (exact) mass is 242 g/mol. The first-order valence-electron chi connectivity index (χ1n) is 6.70. The van der Waals surface area contributed by atoms with Gasteiger partial charge in [0.25, 0.3) is 0 Å². The van der Waals surface area contributed by atoms with Gasteiger partial charge in [-0.25, -0.2) is 0 Å². The maximum absolute atomic E-state index is 10.7.